The van der Waals surface area contributed by atoms with Gasteiger partial charge in [0, 0.05) is 18.7 Å². The number of methoxy groups -OCH3 is 1. The van der Waals surface area contributed by atoms with Crippen molar-refractivity contribution in [2.75, 3.05) is 26.8 Å². The number of carbonyl (C=O) groups excluding carboxylic acids is 3. The number of hydrogen-bond donors (Lipinski definition) is 1. The Morgan fingerprint density at radius 2 is 1.82 bits per heavy atom. The lowest BCUT2D eigenvalue weighted by atomic mass is 10.1. The molecule has 1 fully saturated rings. The van der Waals surface area contributed by atoms with E-state index in [4.69, 9.17) is 9.47 Å². The van der Waals surface area contributed by atoms with Crippen LogP contribution in [0, 0.1) is 0 Å². The molecule has 3 aromatic rings. The minimum absolute atomic E-state index is 0.0912. The maximum absolute atomic E-state index is 12.8. The molecule has 1 saturated heterocycles. The maximum atomic E-state index is 12.8. The van der Waals surface area contributed by atoms with E-state index in [1.54, 1.807) is 37.5 Å². The second-order valence-corrected chi connectivity index (χ2v) is 8.49. The van der Waals surface area contributed by atoms with Gasteiger partial charge in [-0.1, -0.05) is 36.4 Å². The number of carbonyl (C=O) groups is 3. The van der Waals surface area contributed by atoms with Gasteiger partial charge in [-0.3, -0.25) is 19.3 Å². The first-order valence-electron chi connectivity index (χ1n) is 10.8. The van der Waals surface area contributed by atoms with E-state index < -0.39 is 0 Å². The zero-order valence-corrected chi connectivity index (χ0v) is 19.7. The Bertz CT molecular complexity index is 1290. The Hall–Kier alpha value is -3.78. The molecule has 4 rings (SSSR count). The molecular formula is C26H24N2O5S. The molecule has 0 aliphatic carbocycles. The molecule has 3 aromatic carbocycles. The first kappa shape index (κ1) is 23.4. The molecular weight excluding hydrogens is 452 g/mol. The highest BCUT2D eigenvalue weighted by atomic mass is 32.2. The fourth-order valence-corrected chi connectivity index (χ4v) is 4.47. The van der Waals surface area contributed by atoms with Crippen LogP contribution < -0.4 is 14.8 Å². The molecule has 0 atom stereocenters. The number of thioether (sulfide) groups is 1. The maximum Gasteiger partial charge on any atom is 0.293 e. The molecule has 174 valence electrons. The molecule has 0 bridgehead atoms. The van der Waals surface area contributed by atoms with E-state index in [1.807, 2.05) is 43.3 Å². The van der Waals surface area contributed by atoms with Crippen LogP contribution in [-0.2, 0) is 4.79 Å². The van der Waals surface area contributed by atoms with Crippen molar-refractivity contribution in [1.82, 2.24) is 10.2 Å². The van der Waals surface area contributed by atoms with Crippen molar-refractivity contribution in [3.8, 4) is 11.5 Å². The van der Waals surface area contributed by atoms with Crippen LogP contribution in [0.25, 0.3) is 16.8 Å². The highest BCUT2D eigenvalue weighted by Gasteiger charge is 2.34. The largest absolute Gasteiger partial charge is 0.493 e. The number of amides is 3. The van der Waals surface area contributed by atoms with Crippen LogP contribution in [0.3, 0.4) is 0 Å². The molecule has 0 unspecified atom stereocenters. The van der Waals surface area contributed by atoms with Crippen molar-refractivity contribution < 1.29 is 23.9 Å². The summed E-state index contributed by atoms with van der Waals surface area (Å²) < 4.78 is 10.9. The van der Waals surface area contributed by atoms with Crippen LogP contribution in [0.4, 0.5) is 4.79 Å². The normalized spacial score (nSPS) is 14.6. The van der Waals surface area contributed by atoms with Crippen molar-refractivity contribution in [1.29, 1.82) is 0 Å². The topological polar surface area (TPSA) is 84.9 Å². The molecule has 1 aliphatic heterocycles. The second-order valence-electron chi connectivity index (χ2n) is 7.49. The van der Waals surface area contributed by atoms with Crippen molar-refractivity contribution in [2.45, 2.75) is 6.92 Å². The van der Waals surface area contributed by atoms with Gasteiger partial charge < -0.3 is 14.8 Å². The van der Waals surface area contributed by atoms with Gasteiger partial charge in [-0.25, -0.2) is 0 Å². The summed E-state index contributed by atoms with van der Waals surface area (Å²) in [6, 6.07) is 18.6. The highest BCUT2D eigenvalue weighted by Crippen LogP contribution is 2.34. The lowest BCUT2D eigenvalue weighted by Gasteiger charge is -2.13. The lowest BCUT2D eigenvalue weighted by Crippen LogP contribution is -2.37. The summed E-state index contributed by atoms with van der Waals surface area (Å²) >= 11 is 0.875. The first-order valence-corrected chi connectivity index (χ1v) is 11.6. The molecule has 1 N–H and O–H groups in total. The molecule has 7 nitrogen and oxygen atoms in total. The number of benzene rings is 3. The third kappa shape index (κ3) is 5.07. The third-order valence-corrected chi connectivity index (χ3v) is 6.20. The van der Waals surface area contributed by atoms with E-state index in [0.717, 1.165) is 33.0 Å². The summed E-state index contributed by atoms with van der Waals surface area (Å²) in [6.45, 7) is 2.64. The van der Waals surface area contributed by atoms with Gasteiger partial charge in [0.05, 0.1) is 18.6 Å². The smallest absolute Gasteiger partial charge is 0.293 e. The first-order chi connectivity index (χ1) is 16.5. The minimum atomic E-state index is -0.386. The van der Waals surface area contributed by atoms with Crippen LogP contribution in [0.15, 0.2) is 65.6 Å². The number of fused-ring (bicyclic) bond motifs is 1. The molecule has 8 heteroatoms. The summed E-state index contributed by atoms with van der Waals surface area (Å²) in [5, 5.41) is 4.44. The van der Waals surface area contributed by atoms with Gasteiger partial charge in [0.15, 0.2) is 11.5 Å². The van der Waals surface area contributed by atoms with E-state index in [2.05, 4.69) is 5.32 Å². The van der Waals surface area contributed by atoms with Gasteiger partial charge in [0.2, 0.25) is 0 Å². The van der Waals surface area contributed by atoms with E-state index in [1.165, 1.54) is 0 Å². The van der Waals surface area contributed by atoms with Crippen molar-refractivity contribution >= 4 is 45.7 Å². The van der Waals surface area contributed by atoms with Crippen LogP contribution in [0.5, 0.6) is 11.5 Å². The zero-order valence-electron chi connectivity index (χ0n) is 18.9. The number of hydrogen-bond acceptors (Lipinski definition) is 6. The van der Waals surface area contributed by atoms with Gasteiger partial charge >= 0.3 is 0 Å². The second kappa shape index (κ2) is 10.4. The van der Waals surface area contributed by atoms with E-state index in [9.17, 15) is 14.4 Å². The molecule has 34 heavy (non-hydrogen) atoms. The summed E-state index contributed by atoms with van der Waals surface area (Å²) in [7, 11) is 1.54. The van der Waals surface area contributed by atoms with Crippen molar-refractivity contribution in [3.63, 3.8) is 0 Å². The molecule has 0 saturated carbocycles. The molecule has 1 heterocycles. The Morgan fingerprint density at radius 3 is 2.59 bits per heavy atom. The molecule has 0 aromatic heterocycles. The summed E-state index contributed by atoms with van der Waals surface area (Å²) in [4.78, 5) is 39.2. The summed E-state index contributed by atoms with van der Waals surface area (Å²) in [6.07, 6.45) is 1.65. The predicted octanol–water partition coefficient (Wildman–Crippen LogP) is 4.71. The minimum Gasteiger partial charge on any atom is -0.493 e. The Morgan fingerprint density at radius 1 is 1.03 bits per heavy atom. The molecule has 0 spiro atoms. The van der Waals surface area contributed by atoms with Crippen molar-refractivity contribution in [3.05, 3.63) is 76.7 Å². The Kier molecular flexibility index (Phi) is 7.18. The summed E-state index contributed by atoms with van der Waals surface area (Å²) in [5.41, 5.74) is 1.24. The number of ether oxygens (including phenoxy) is 2. The van der Waals surface area contributed by atoms with Crippen molar-refractivity contribution in [2.24, 2.45) is 0 Å². The monoisotopic (exact) mass is 476 g/mol. The quantitative estimate of drug-likeness (QED) is 0.474. The molecule has 3 amide bonds. The average Bonchev–Trinajstić information content (AvgIpc) is 3.11. The number of nitrogens with one attached hydrogen (secondary N) is 1. The average molecular weight is 477 g/mol. The Balaban J connectivity index is 1.38. The zero-order chi connectivity index (χ0) is 24.1. The van der Waals surface area contributed by atoms with E-state index in [0.29, 0.717) is 28.6 Å². The number of rotatable bonds is 8. The number of nitrogens with zero attached hydrogens (tertiary/aromatic N) is 1. The lowest BCUT2D eigenvalue weighted by molar-refractivity contribution is -0.122. The van der Waals surface area contributed by atoms with Crippen LogP contribution >= 0.6 is 11.8 Å². The van der Waals surface area contributed by atoms with Gasteiger partial charge in [0.1, 0.15) is 0 Å². The van der Waals surface area contributed by atoms with Gasteiger partial charge in [-0.15, -0.1) is 0 Å². The predicted molar refractivity (Wildman–Crippen MR) is 133 cm³/mol. The van der Waals surface area contributed by atoms with E-state index >= 15 is 0 Å². The van der Waals surface area contributed by atoms with Crippen LogP contribution in [0.2, 0.25) is 0 Å². The van der Waals surface area contributed by atoms with E-state index in [-0.39, 0.29) is 30.1 Å². The summed E-state index contributed by atoms with van der Waals surface area (Å²) in [5.74, 6) is 0.515. The molecule has 1 aliphatic rings. The molecule has 0 radical (unpaired) electrons. The number of imide groups is 1. The van der Waals surface area contributed by atoms with Gasteiger partial charge in [-0.05, 0) is 65.4 Å². The fraction of sp³-hybridized carbons (Fsp3) is 0.192. The van der Waals surface area contributed by atoms with Gasteiger partial charge in [-0.2, -0.15) is 0 Å². The fourth-order valence-electron chi connectivity index (χ4n) is 3.61. The van der Waals surface area contributed by atoms with Crippen LogP contribution in [0.1, 0.15) is 22.8 Å². The highest BCUT2D eigenvalue weighted by molar-refractivity contribution is 8.18. The van der Waals surface area contributed by atoms with Crippen LogP contribution in [-0.4, -0.2) is 48.8 Å². The standard InChI is InChI=1S/C26H24N2O5S/c1-3-33-21-11-8-17(14-22(21)32-2)15-23-25(30)28(26(31)34-23)13-12-27-24(29)20-10-9-18-6-4-5-7-19(18)16-20/h4-11,14-16H,3,12-13H2,1-2H3,(H,27,29). The SMILES string of the molecule is CCOc1ccc(C=C2SC(=O)N(CCNC(=O)c3ccc4ccccc4c3)C2=O)cc1OC. The van der Waals surface area contributed by atoms with Gasteiger partial charge in [0.25, 0.3) is 17.1 Å². The third-order valence-electron chi connectivity index (χ3n) is 5.29. The Labute approximate surface area is 201 Å².